The van der Waals surface area contributed by atoms with Gasteiger partial charge in [0.1, 0.15) is 11.6 Å². The Bertz CT molecular complexity index is 1180. The normalized spacial score (nSPS) is 11.0. The first-order valence-electron chi connectivity index (χ1n) is 9.12. The molecule has 0 unspecified atom stereocenters. The Hall–Kier alpha value is -3.39. The van der Waals surface area contributed by atoms with E-state index in [1.807, 2.05) is 19.1 Å². The van der Waals surface area contributed by atoms with E-state index < -0.39 is 21.7 Å². The molecule has 0 heterocycles. The van der Waals surface area contributed by atoms with Gasteiger partial charge in [-0.2, -0.15) is 0 Å². The SMILES string of the molecule is Cc1ccccc1OCC(=O)Nc1ccc(C)c(S(=O)(=O)Nc2ccccc2F)c1. The topological polar surface area (TPSA) is 84.5 Å². The summed E-state index contributed by atoms with van der Waals surface area (Å²) >= 11 is 0. The third kappa shape index (κ3) is 5.15. The van der Waals surface area contributed by atoms with Gasteiger partial charge < -0.3 is 10.1 Å². The molecule has 0 aliphatic carbocycles. The molecule has 0 radical (unpaired) electrons. The van der Waals surface area contributed by atoms with Gasteiger partial charge in [0, 0.05) is 5.69 Å². The number of hydrogen-bond donors (Lipinski definition) is 2. The van der Waals surface area contributed by atoms with Crippen molar-refractivity contribution in [3.63, 3.8) is 0 Å². The van der Waals surface area contributed by atoms with Gasteiger partial charge in [0.05, 0.1) is 10.6 Å². The summed E-state index contributed by atoms with van der Waals surface area (Å²) in [6.45, 7) is 3.25. The quantitative estimate of drug-likeness (QED) is 0.589. The zero-order chi connectivity index (χ0) is 21.7. The molecule has 0 spiro atoms. The highest BCUT2D eigenvalue weighted by atomic mass is 32.2. The Morgan fingerprint density at radius 1 is 0.967 bits per heavy atom. The van der Waals surface area contributed by atoms with Crippen molar-refractivity contribution in [3.8, 4) is 5.75 Å². The molecule has 3 aromatic carbocycles. The van der Waals surface area contributed by atoms with Gasteiger partial charge in [-0.25, -0.2) is 12.8 Å². The monoisotopic (exact) mass is 428 g/mol. The summed E-state index contributed by atoms with van der Waals surface area (Å²) in [4.78, 5) is 12.2. The van der Waals surface area contributed by atoms with Crippen LogP contribution in [0.4, 0.5) is 15.8 Å². The molecule has 6 nitrogen and oxygen atoms in total. The summed E-state index contributed by atoms with van der Waals surface area (Å²) in [5, 5.41) is 2.62. The molecule has 0 aliphatic heterocycles. The molecule has 0 saturated carbocycles. The molecule has 156 valence electrons. The van der Waals surface area contributed by atoms with Crippen LogP contribution in [0.25, 0.3) is 0 Å². The van der Waals surface area contributed by atoms with E-state index in [1.54, 1.807) is 31.2 Å². The minimum atomic E-state index is -4.06. The van der Waals surface area contributed by atoms with Crippen LogP contribution in [0.15, 0.2) is 71.6 Å². The van der Waals surface area contributed by atoms with E-state index in [2.05, 4.69) is 10.0 Å². The van der Waals surface area contributed by atoms with Crippen LogP contribution in [0, 0.1) is 19.7 Å². The Morgan fingerprint density at radius 3 is 2.40 bits per heavy atom. The number of carbonyl (C=O) groups is 1. The summed E-state index contributed by atoms with van der Waals surface area (Å²) in [6, 6.07) is 17.3. The number of aryl methyl sites for hydroxylation is 2. The molecule has 2 N–H and O–H groups in total. The van der Waals surface area contributed by atoms with Gasteiger partial charge in [-0.3, -0.25) is 9.52 Å². The zero-order valence-corrected chi connectivity index (χ0v) is 17.3. The predicted molar refractivity (Wildman–Crippen MR) is 114 cm³/mol. The highest BCUT2D eigenvalue weighted by Gasteiger charge is 2.19. The fourth-order valence-electron chi connectivity index (χ4n) is 2.77. The molecular formula is C22H21FN2O4S. The van der Waals surface area contributed by atoms with Crippen LogP contribution in [0.1, 0.15) is 11.1 Å². The Morgan fingerprint density at radius 2 is 1.67 bits per heavy atom. The Labute approximate surface area is 174 Å². The lowest BCUT2D eigenvalue weighted by atomic mass is 10.2. The van der Waals surface area contributed by atoms with Crippen LogP contribution in [0.5, 0.6) is 5.75 Å². The number of carbonyl (C=O) groups excluding carboxylic acids is 1. The van der Waals surface area contributed by atoms with Crippen LogP contribution in [0.3, 0.4) is 0 Å². The molecule has 0 aromatic heterocycles. The van der Waals surface area contributed by atoms with Crippen molar-refractivity contribution in [2.75, 3.05) is 16.6 Å². The van der Waals surface area contributed by atoms with E-state index in [1.165, 1.54) is 24.3 Å². The number of nitrogens with one attached hydrogen (secondary N) is 2. The van der Waals surface area contributed by atoms with Crippen molar-refractivity contribution in [2.24, 2.45) is 0 Å². The molecule has 0 fully saturated rings. The zero-order valence-electron chi connectivity index (χ0n) is 16.5. The first kappa shape index (κ1) is 21.3. The maximum absolute atomic E-state index is 13.8. The van der Waals surface area contributed by atoms with Gasteiger partial charge in [0.2, 0.25) is 0 Å². The van der Waals surface area contributed by atoms with Gasteiger partial charge in [0.25, 0.3) is 15.9 Å². The van der Waals surface area contributed by atoms with Gasteiger partial charge in [-0.15, -0.1) is 0 Å². The van der Waals surface area contributed by atoms with Crippen LogP contribution in [0.2, 0.25) is 0 Å². The minimum Gasteiger partial charge on any atom is -0.483 e. The average molecular weight is 428 g/mol. The first-order chi connectivity index (χ1) is 14.3. The number of benzene rings is 3. The number of ether oxygens (including phenoxy) is 1. The molecule has 0 bridgehead atoms. The summed E-state index contributed by atoms with van der Waals surface area (Å²) < 4.78 is 47.1. The van der Waals surface area contributed by atoms with Crippen molar-refractivity contribution in [1.29, 1.82) is 0 Å². The summed E-state index contributed by atoms with van der Waals surface area (Å²) in [5.41, 5.74) is 1.48. The van der Waals surface area contributed by atoms with Crippen molar-refractivity contribution in [1.82, 2.24) is 0 Å². The minimum absolute atomic E-state index is 0.0663. The fraction of sp³-hybridized carbons (Fsp3) is 0.136. The molecule has 3 aromatic rings. The lowest BCUT2D eigenvalue weighted by Crippen LogP contribution is -2.21. The molecule has 8 heteroatoms. The van der Waals surface area contributed by atoms with Crippen molar-refractivity contribution >= 4 is 27.3 Å². The number of sulfonamides is 1. The standard InChI is InChI=1S/C22H21FN2O4S/c1-15-7-3-6-10-20(15)29-14-22(26)24-17-12-11-16(2)21(13-17)30(27,28)25-19-9-5-4-8-18(19)23/h3-13,25H,14H2,1-2H3,(H,24,26). The summed E-state index contributed by atoms with van der Waals surface area (Å²) in [7, 11) is -4.06. The van der Waals surface area contributed by atoms with Crippen LogP contribution >= 0.6 is 0 Å². The third-order valence-corrected chi connectivity index (χ3v) is 5.84. The second-order valence-electron chi connectivity index (χ2n) is 6.67. The van der Waals surface area contributed by atoms with Gasteiger partial charge in [-0.05, 0) is 55.3 Å². The van der Waals surface area contributed by atoms with E-state index in [0.29, 0.717) is 11.3 Å². The highest BCUT2D eigenvalue weighted by Crippen LogP contribution is 2.24. The molecule has 3 rings (SSSR count). The number of rotatable bonds is 7. The lowest BCUT2D eigenvalue weighted by Gasteiger charge is -2.13. The summed E-state index contributed by atoms with van der Waals surface area (Å²) in [6.07, 6.45) is 0. The van der Waals surface area contributed by atoms with Crippen molar-refractivity contribution in [2.45, 2.75) is 18.7 Å². The van der Waals surface area contributed by atoms with Gasteiger partial charge in [0.15, 0.2) is 6.61 Å². The number of halogens is 1. The number of amides is 1. The van der Waals surface area contributed by atoms with E-state index in [4.69, 9.17) is 4.74 Å². The van der Waals surface area contributed by atoms with E-state index in [0.717, 1.165) is 11.6 Å². The average Bonchev–Trinajstić information content (AvgIpc) is 2.70. The maximum atomic E-state index is 13.8. The van der Waals surface area contributed by atoms with Crippen molar-refractivity contribution in [3.05, 3.63) is 83.7 Å². The smallest absolute Gasteiger partial charge is 0.262 e. The second kappa shape index (κ2) is 8.96. The van der Waals surface area contributed by atoms with Gasteiger partial charge in [-0.1, -0.05) is 36.4 Å². The van der Waals surface area contributed by atoms with Crippen molar-refractivity contribution < 1.29 is 22.3 Å². The highest BCUT2D eigenvalue weighted by molar-refractivity contribution is 7.92. The fourth-order valence-corrected chi connectivity index (χ4v) is 4.11. The lowest BCUT2D eigenvalue weighted by molar-refractivity contribution is -0.118. The van der Waals surface area contributed by atoms with Crippen LogP contribution < -0.4 is 14.8 Å². The molecular weight excluding hydrogens is 407 g/mol. The maximum Gasteiger partial charge on any atom is 0.262 e. The second-order valence-corrected chi connectivity index (χ2v) is 8.32. The summed E-state index contributed by atoms with van der Waals surface area (Å²) in [5.74, 6) is -0.530. The van der Waals surface area contributed by atoms with E-state index >= 15 is 0 Å². The number of anilines is 2. The Balaban J connectivity index is 1.73. The van der Waals surface area contributed by atoms with Crippen LogP contribution in [-0.4, -0.2) is 20.9 Å². The van der Waals surface area contributed by atoms with Crippen LogP contribution in [-0.2, 0) is 14.8 Å². The third-order valence-electron chi connectivity index (χ3n) is 4.33. The van der Waals surface area contributed by atoms with E-state index in [-0.39, 0.29) is 22.9 Å². The molecule has 1 amide bonds. The molecule has 30 heavy (non-hydrogen) atoms. The number of hydrogen-bond acceptors (Lipinski definition) is 4. The Kier molecular flexibility index (Phi) is 6.37. The van der Waals surface area contributed by atoms with E-state index in [9.17, 15) is 17.6 Å². The first-order valence-corrected chi connectivity index (χ1v) is 10.6. The molecule has 0 atom stereocenters. The largest absolute Gasteiger partial charge is 0.483 e. The van der Waals surface area contributed by atoms with Gasteiger partial charge >= 0.3 is 0 Å². The molecule has 0 aliphatic rings. The molecule has 0 saturated heterocycles. The number of para-hydroxylation sites is 2. The predicted octanol–water partition coefficient (Wildman–Crippen LogP) is 4.26.